The Morgan fingerprint density at radius 1 is 1.50 bits per heavy atom. The third-order valence-electron chi connectivity index (χ3n) is 2.45. The van der Waals surface area contributed by atoms with Crippen LogP contribution in [-0.4, -0.2) is 30.8 Å². The molecule has 1 aliphatic rings. The molecule has 0 radical (unpaired) electrons. The van der Waals surface area contributed by atoms with E-state index in [-0.39, 0.29) is 0 Å². The Labute approximate surface area is 84.5 Å². The van der Waals surface area contributed by atoms with E-state index < -0.39 is 0 Å². The van der Waals surface area contributed by atoms with E-state index in [9.17, 15) is 0 Å². The first-order chi connectivity index (χ1) is 6.95. The van der Waals surface area contributed by atoms with Gasteiger partial charge in [0.25, 0.3) is 0 Å². The van der Waals surface area contributed by atoms with Gasteiger partial charge in [0, 0.05) is 24.9 Å². The van der Waals surface area contributed by atoms with Gasteiger partial charge < -0.3 is 10.1 Å². The first kappa shape index (κ1) is 9.62. The third kappa shape index (κ3) is 2.79. The number of pyridine rings is 1. The van der Waals surface area contributed by atoms with E-state index in [2.05, 4.69) is 10.3 Å². The van der Waals surface area contributed by atoms with E-state index in [1.165, 1.54) is 0 Å². The van der Waals surface area contributed by atoms with Crippen molar-refractivity contribution in [1.29, 1.82) is 0 Å². The molecular weight excluding hydrogens is 176 g/mol. The monoisotopic (exact) mass is 192 g/mol. The van der Waals surface area contributed by atoms with Crippen molar-refractivity contribution >= 4 is 0 Å². The molecule has 14 heavy (non-hydrogen) atoms. The summed E-state index contributed by atoms with van der Waals surface area (Å²) in [5.41, 5.74) is 1.11. The van der Waals surface area contributed by atoms with Crippen LogP contribution < -0.4 is 5.32 Å². The van der Waals surface area contributed by atoms with E-state index in [4.69, 9.17) is 4.74 Å². The molecule has 1 saturated heterocycles. The van der Waals surface area contributed by atoms with Crippen molar-refractivity contribution in [2.75, 3.05) is 19.7 Å². The second-order valence-corrected chi connectivity index (χ2v) is 3.56. The lowest BCUT2D eigenvalue weighted by molar-refractivity contribution is 0.0690. The fraction of sp³-hybridized carbons (Fsp3) is 0.545. The minimum atomic E-state index is 0.415. The number of nitrogens with one attached hydrogen (secondary N) is 1. The molecule has 1 fully saturated rings. The van der Waals surface area contributed by atoms with E-state index in [0.717, 1.165) is 38.2 Å². The number of hydrogen-bond donors (Lipinski definition) is 1. The molecule has 1 atom stereocenters. The van der Waals surface area contributed by atoms with Gasteiger partial charge in [-0.15, -0.1) is 0 Å². The maximum absolute atomic E-state index is 5.70. The zero-order valence-electron chi connectivity index (χ0n) is 8.28. The molecule has 0 aromatic carbocycles. The molecule has 3 nitrogen and oxygen atoms in total. The summed E-state index contributed by atoms with van der Waals surface area (Å²) in [6.45, 7) is 2.87. The van der Waals surface area contributed by atoms with Crippen molar-refractivity contribution in [3.63, 3.8) is 0 Å². The van der Waals surface area contributed by atoms with E-state index in [0.29, 0.717) is 6.10 Å². The summed E-state index contributed by atoms with van der Waals surface area (Å²) in [7, 11) is 0. The van der Waals surface area contributed by atoms with Crippen molar-refractivity contribution in [2.24, 2.45) is 0 Å². The van der Waals surface area contributed by atoms with Gasteiger partial charge >= 0.3 is 0 Å². The highest BCUT2D eigenvalue weighted by atomic mass is 16.5. The van der Waals surface area contributed by atoms with Crippen LogP contribution in [0.25, 0.3) is 0 Å². The molecule has 2 rings (SSSR count). The third-order valence-corrected chi connectivity index (χ3v) is 2.45. The molecule has 1 aromatic rings. The molecule has 0 unspecified atom stereocenters. The van der Waals surface area contributed by atoms with Crippen molar-refractivity contribution in [3.05, 3.63) is 30.1 Å². The Morgan fingerprint density at radius 2 is 2.50 bits per heavy atom. The normalized spacial score (nSPS) is 21.3. The quantitative estimate of drug-likeness (QED) is 0.773. The zero-order chi connectivity index (χ0) is 9.64. The van der Waals surface area contributed by atoms with Crippen molar-refractivity contribution in [1.82, 2.24) is 10.3 Å². The predicted molar refractivity (Wildman–Crippen MR) is 55.2 cm³/mol. The molecule has 1 N–H and O–H groups in total. The topological polar surface area (TPSA) is 34.1 Å². The lowest BCUT2D eigenvalue weighted by Gasteiger charge is -2.09. The first-order valence-corrected chi connectivity index (χ1v) is 5.17. The molecule has 0 bridgehead atoms. The van der Waals surface area contributed by atoms with Gasteiger partial charge in [-0.25, -0.2) is 0 Å². The summed E-state index contributed by atoms with van der Waals surface area (Å²) in [6, 6.07) is 5.99. The minimum Gasteiger partial charge on any atom is -0.376 e. The largest absolute Gasteiger partial charge is 0.376 e. The van der Waals surface area contributed by atoms with Gasteiger partial charge in [-0.1, -0.05) is 6.07 Å². The highest BCUT2D eigenvalue weighted by molar-refractivity contribution is 5.03. The highest BCUT2D eigenvalue weighted by Crippen LogP contribution is 2.04. The molecule has 3 heteroatoms. The van der Waals surface area contributed by atoms with Gasteiger partial charge in [0.2, 0.25) is 0 Å². The minimum absolute atomic E-state index is 0.415. The van der Waals surface area contributed by atoms with Crippen LogP contribution in [0.1, 0.15) is 12.1 Å². The Balaban J connectivity index is 1.67. The van der Waals surface area contributed by atoms with Crippen molar-refractivity contribution in [3.8, 4) is 0 Å². The van der Waals surface area contributed by atoms with Crippen molar-refractivity contribution in [2.45, 2.75) is 18.9 Å². The standard InChI is InChI=1S/C11H16N2O/c1-2-6-13-10(3-1)5-8-14-11-4-7-12-9-11/h1-3,6,11-12H,4-5,7-9H2/t11-/m0/s1. The molecule has 2 heterocycles. The lowest BCUT2D eigenvalue weighted by Crippen LogP contribution is -2.18. The fourth-order valence-corrected chi connectivity index (χ4v) is 1.65. The van der Waals surface area contributed by atoms with Crippen LogP contribution in [0, 0.1) is 0 Å². The first-order valence-electron chi connectivity index (χ1n) is 5.17. The Bertz CT molecular complexity index is 257. The van der Waals surface area contributed by atoms with Gasteiger partial charge in [0.05, 0.1) is 12.7 Å². The average Bonchev–Trinajstić information content (AvgIpc) is 2.72. The summed E-state index contributed by atoms with van der Waals surface area (Å²) in [5, 5.41) is 3.28. The van der Waals surface area contributed by atoms with E-state index in [1.54, 1.807) is 0 Å². The zero-order valence-corrected chi connectivity index (χ0v) is 8.28. The van der Waals surface area contributed by atoms with Crippen LogP contribution >= 0.6 is 0 Å². The Hall–Kier alpha value is -0.930. The molecule has 76 valence electrons. The highest BCUT2D eigenvalue weighted by Gasteiger charge is 2.13. The molecule has 0 aliphatic carbocycles. The summed E-state index contributed by atoms with van der Waals surface area (Å²) < 4.78 is 5.70. The summed E-state index contributed by atoms with van der Waals surface area (Å²) in [5.74, 6) is 0. The molecular formula is C11H16N2O. The molecule has 1 aliphatic heterocycles. The number of rotatable bonds is 4. The van der Waals surface area contributed by atoms with Gasteiger partial charge in [-0.3, -0.25) is 4.98 Å². The Kier molecular flexibility index (Phi) is 3.49. The number of aromatic nitrogens is 1. The second-order valence-electron chi connectivity index (χ2n) is 3.56. The van der Waals surface area contributed by atoms with Gasteiger partial charge in [0.15, 0.2) is 0 Å². The van der Waals surface area contributed by atoms with Crippen molar-refractivity contribution < 1.29 is 4.74 Å². The molecule has 0 saturated carbocycles. The van der Waals surface area contributed by atoms with Gasteiger partial charge in [-0.05, 0) is 25.1 Å². The Morgan fingerprint density at radius 3 is 3.21 bits per heavy atom. The molecule has 1 aromatic heterocycles. The summed E-state index contributed by atoms with van der Waals surface area (Å²) in [4.78, 5) is 4.25. The van der Waals surface area contributed by atoms with Gasteiger partial charge in [-0.2, -0.15) is 0 Å². The molecule has 0 spiro atoms. The lowest BCUT2D eigenvalue weighted by atomic mass is 10.3. The van der Waals surface area contributed by atoms with Crippen LogP contribution in [-0.2, 0) is 11.2 Å². The number of nitrogens with zero attached hydrogens (tertiary/aromatic N) is 1. The summed E-state index contributed by atoms with van der Waals surface area (Å²) >= 11 is 0. The van der Waals surface area contributed by atoms with Crippen LogP contribution in [0.2, 0.25) is 0 Å². The second kappa shape index (κ2) is 5.08. The smallest absolute Gasteiger partial charge is 0.0711 e. The fourth-order valence-electron chi connectivity index (χ4n) is 1.65. The van der Waals surface area contributed by atoms with Crippen LogP contribution in [0.15, 0.2) is 24.4 Å². The maximum atomic E-state index is 5.70. The number of ether oxygens (including phenoxy) is 1. The van der Waals surface area contributed by atoms with Crippen LogP contribution in [0.4, 0.5) is 0 Å². The summed E-state index contributed by atoms with van der Waals surface area (Å²) in [6.07, 6.45) is 4.30. The van der Waals surface area contributed by atoms with Gasteiger partial charge in [0.1, 0.15) is 0 Å². The number of hydrogen-bond acceptors (Lipinski definition) is 3. The average molecular weight is 192 g/mol. The van der Waals surface area contributed by atoms with Crippen LogP contribution in [0.3, 0.4) is 0 Å². The maximum Gasteiger partial charge on any atom is 0.0711 e. The molecule has 0 amide bonds. The predicted octanol–water partition coefficient (Wildman–Crippen LogP) is 1.00. The van der Waals surface area contributed by atoms with Crippen LogP contribution in [0.5, 0.6) is 0 Å². The SMILES string of the molecule is c1ccc(CCO[C@H]2CCNC2)nc1. The van der Waals surface area contributed by atoms with E-state index >= 15 is 0 Å². The van der Waals surface area contributed by atoms with E-state index in [1.807, 2.05) is 24.4 Å².